The van der Waals surface area contributed by atoms with Gasteiger partial charge in [0.1, 0.15) is 5.76 Å². The minimum Gasteiger partial charge on any atom is -0.469 e. The molecule has 1 heterocycles. The van der Waals surface area contributed by atoms with E-state index in [0.29, 0.717) is 12.3 Å². The molecule has 1 atom stereocenters. The predicted octanol–water partition coefficient (Wildman–Crippen LogP) is 4.63. The molecule has 0 fully saturated rings. The predicted molar refractivity (Wildman–Crippen MR) is 70.3 cm³/mol. The van der Waals surface area contributed by atoms with Gasteiger partial charge in [-0.2, -0.15) is 0 Å². The molecule has 0 bridgehead atoms. The fourth-order valence-corrected chi connectivity index (χ4v) is 2.18. The maximum Gasteiger partial charge on any atom is 0.166 e. The first-order chi connectivity index (χ1) is 8.22. The van der Waals surface area contributed by atoms with Crippen molar-refractivity contribution in [2.75, 3.05) is 0 Å². The molecule has 0 N–H and O–H groups in total. The van der Waals surface area contributed by atoms with Gasteiger partial charge in [0.05, 0.1) is 11.8 Å². The number of carbonyl (C=O) groups excluding carboxylic acids is 1. The van der Waals surface area contributed by atoms with Gasteiger partial charge in [-0.1, -0.05) is 46.5 Å². The molecular formula is C15H24O2. The smallest absolute Gasteiger partial charge is 0.166 e. The zero-order valence-electron chi connectivity index (χ0n) is 11.3. The monoisotopic (exact) mass is 236 g/mol. The molecule has 0 aliphatic heterocycles. The summed E-state index contributed by atoms with van der Waals surface area (Å²) in [5.74, 6) is 1.61. The summed E-state index contributed by atoms with van der Waals surface area (Å²) in [6.45, 7) is 6.38. The van der Waals surface area contributed by atoms with Crippen LogP contribution in [0.4, 0.5) is 0 Å². The highest BCUT2D eigenvalue weighted by Crippen LogP contribution is 2.21. The lowest BCUT2D eigenvalue weighted by atomic mass is 9.91. The van der Waals surface area contributed by atoms with Gasteiger partial charge in [-0.15, -0.1) is 0 Å². The summed E-state index contributed by atoms with van der Waals surface area (Å²) in [5.41, 5.74) is 0.794. The average molecular weight is 236 g/mol. The summed E-state index contributed by atoms with van der Waals surface area (Å²) in [6.07, 6.45) is 7.76. The zero-order chi connectivity index (χ0) is 12.7. The molecule has 0 radical (unpaired) electrons. The summed E-state index contributed by atoms with van der Waals surface area (Å²) < 4.78 is 5.31. The summed E-state index contributed by atoms with van der Waals surface area (Å²) in [5, 5.41) is 0. The highest BCUT2D eigenvalue weighted by atomic mass is 16.3. The lowest BCUT2D eigenvalue weighted by Gasteiger charge is -2.13. The van der Waals surface area contributed by atoms with Crippen LogP contribution in [0, 0.1) is 5.92 Å². The first-order valence-corrected chi connectivity index (χ1v) is 6.82. The Morgan fingerprint density at radius 3 is 2.71 bits per heavy atom. The van der Waals surface area contributed by atoms with Crippen LogP contribution in [-0.2, 0) is 6.42 Å². The van der Waals surface area contributed by atoms with Crippen molar-refractivity contribution in [2.24, 2.45) is 5.92 Å². The van der Waals surface area contributed by atoms with Gasteiger partial charge in [0.2, 0.25) is 0 Å². The van der Waals surface area contributed by atoms with E-state index < -0.39 is 0 Å². The van der Waals surface area contributed by atoms with Crippen molar-refractivity contribution < 1.29 is 9.21 Å². The Kier molecular flexibility index (Phi) is 6.03. The number of hydrogen-bond acceptors (Lipinski definition) is 2. The van der Waals surface area contributed by atoms with Gasteiger partial charge in [-0.05, 0) is 12.0 Å². The average Bonchev–Trinajstić information content (AvgIpc) is 2.82. The number of hydrogen-bond donors (Lipinski definition) is 0. The standard InChI is InChI=1S/C15H24O2/c1-4-7-8-12(5-2)11-14(16)13-9-10-17-15(13)6-3/h9-10,12H,4-8,11H2,1-3H3. The fourth-order valence-electron chi connectivity index (χ4n) is 2.18. The minimum atomic E-state index is 0.249. The van der Waals surface area contributed by atoms with E-state index in [1.165, 1.54) is 12.8 Å². The molecule has 1 rings (SSSR count). The first kappa shape index (κ1) is 14.0. The highest BCUT2D eigenvalue weighted by Gasteiger charge is 2.17. The number of unbranched alkanes of at least 4 members (excludes halogenated alkanes) is 1. The van der Waals surface area contributed by atoms with Crippen LogP contribution in [0.3, 0.4) is 0 Å². The van der Waals surface area contributed by atoms with Crippen LogP contribution in [0.25, 0.3) is 0 Å². The molecule has 2 nitrogen and oxygen atoms in total. The fraction of sp³-hybridized carbons (Fsp3) is 0.667. The second-order valence-electron chi connectivity index (χ2n) is 4.65. The van der Waals surface area contributed by atoms with Crippen molar-refractivity contribution in [1.82, 2.24) is 0 Å². The number of aryl methyl sites for hydroxylation is 1. The van der Waals surface area contributed by atoms with Crippen LogP contribution >= 0.6 is 0 Å². The molecule has 1 aromatic rings. The Morgan fingerprint density at radius 2 is 2.12 bits per heavy atom. The van der Waals surface area contributed by atoms with E-state index in [9.17, 15) is 4.79 Å². The van der Waals surface area contributed by atoms with E-state index in [1.54, 1.807) is 6.26 Å². The summed E-state index contributed by atoms with van der Waals surface area (Å²) in [6, 6.07) is 1.81. The molecule has 17 heavy (non-hydrogen) atoms. The van der Waals surface area contributed by atoms with Crippen molar-refractivity contribution in [1.29, 1.82) is 0 Å². The SMILES string of the molecule is CCCCC(CC)CC(=O)c1ccoc1CC. The second-order valence-corrected chi connectivity index (χ2v) is 4.65. The lowest BCUT2D eigenvalue weighted by Crippen LogP contribution is -2.09. The number of rotatable bonds is 8. The Balaban J connectivity index is 2.58. The first-order valence-electron chi connectivity index (χ1n) is 6.82. The normalized spacial score (nSPS) is 12.6. The number of furan rings is 1. The molecule has 0 aliphatic rings. The van der Waals surface area contributed by atoms with Crippen molar-refractivity contribution in [3.8, 4) is 0 Å². The minimum absolute atomic E-state index is 0.249. The van der Waals surface area contributed by atoms with E-state index in [-0.39, 0.29) is 5.78 Å². The van der Waals surface area contributed by atoms with Crippen LogP contribution in [0.1, 0.15) is 69.0 Å². The largest absolute Gasteiger partial charge is 0.469 e. The van der Waals surface area contributed by atoms with Crippen LogP contribution in [0.5, 0.6) is 0 Å². The molecule has 0 aromatic carbocycles. The molecule has 2 heteroatoms. The second kappa shape index (κ2) is 7.31. The van der Waals surface area contributed by atoms with Crippen molar-refractivity contribution >= 4 is 5.78 Å². The molecule has 0 saturated carbocycles. The van der Waals surface area contributed by atoms with Crippen LogP contribution < -0.4 is 0 Å². The molecule has 0 amide bonds. The Labute approximate surface area is 104 Å². The molecule has 1 aromatic heterocycles. The van der Waals surface area contributed by atoms with Crippen molar-refractivity contribution in [3.05, 3.63) is 23.7 Å². The van der Waals surface area contributed by atoms with Gasteiger partial charge in [-0.3, -0.25) is 4.79 Å². The van der Waals surface area contributed by atoms with Crippen LogP contribution in [-0.4, -0.2) is 5.78 Å². The maximum absolute atomic E-state index is 12.2. The van der Waals surface area contributed by atoms with E-state index in [2.05, 4.69) is 13.8 Å². The molecule has 0 spiro atoms. The molecule has 96 valence electrons. The van der Waals surface area contributed by atoms with E-state index in [1.807, 2.05) is 13.0 Å². The molecule has 1 unspecified atom stereocenters. The van der Waals surface area contributed by atoms with Crippen LogP contribution in [0.2, 0.25) is 0 Å². The topological polar surface area (TPSA) is 30.2 Å². The van der Waals surface area contributed by atoms with Crippen molar-refractivity contribution in [2.45, 2.75) is 59.3 Å². The van der Waals surface area contributed by atoms with E-state index in [4.69, 9.17) is 4.42 Å². The third kappa shape index (κ3) is 4.03. The number of ketones is 1. The molecule has 0 saturated heterocycles. The van der Waals surface area contributed by atoms with Gasteiger partial charge in [0.15, 0.2) is 5.78 Å². The quantitative estimate of drug-likeness (QED) is 0.616. The van der Waals surface area contributed by atoms with E-state index >= 15 is 0 Å². The van der Waals surface area contributed by atoms with Gasteiger partial charge in [-0.25, -0.2) is 0 Å². The molecular weight excluding hydrogens is 212 g/mol. The van der Waals surface area contributed by atoms with Gasteiger partial charge < -0.3 is 4.42 Å². The Morgan fingerprint density at radius 1 is 1.35 bits per heavy atom. The molecule has 0 aliphatic carbocycles. The number of carbonyl (C=O) groups is 1. The highest BCUT2D eigenvalue weighted by molar-refractivity contribution is 5.97. The van der Waals surface area contributed by atoms with Crippen LogP contribution in [0.15, 0.2) is 16.7 Å². The van der Waals surface area contributed by atoms with Gasteiger partial charge in [0.25, 0.3) is 0 Å². The van der Waals surface area contributed by atoms with Crippen molar-refractivity contribution in [3.63, 3.8) is 0 Å². The Bertz CT molecular complexity index is 338. The summed E-state index contributed by atoms with van der Waals surface area (Å²) in [7, 11) is 0. The maximum atomic E-state index is 12.2. The van der Waals surface area contributed by atoms with Gasteiger partial charge in [0, 0.05) is 12.8 Å². The zero-order valence-corrected chi connectivity index (χ0v) is 11.3. The van der Waals surface area contributed by atoms with Gasteiger partial charge >= 0.3 is 0 Å². The Hall–Kier alpha value is -1.05. The lowest BCUT2D eigenvalue weighted by molar-refractivity contribution is 0.0955. The third-order valence-corrected chi connectivity index (χ3v) is 3.38. The number of Topliss-reactive ketones (excluding diaryl/α,β-unsaturated/α-hetero) is 1. The summed E-state index contributed by atoms with van der Waals surface area (Å²) >= 11 is 0. The van der Waals surface area contributed by atoms with E-state index in [0.717, 1.165) is 30.6 Å². The third-order valence-electron chi connectivity index (χ3n) is 3.38. The summed E-state index contributed by atoms with van der Waals surface area (Å²) in [4.78, 5) is 12.2.